The van der Waals surface area contributed by atoms with Crippen LogP contribution in [-0.4, -0.2) is 24.1 Å². The summed E-state index contributed by atoms with van der Waals surface area (Å²) in [6.45, 7) is 3.99. The highest BCUT2D eigenvalue weighted by atomic mass is 35.5. The van der Waals surface area contributed by atoms with Gasteiger partial charge in [0, 0.05) is 9.92 Å². The van der Waals surface area contributed by atoms with Crippen LogP contribution in [0.3, 0.4) is 0 Å². The maximum absolute atomic E-state index is 12.2. The number of rotatable bonds is 8. The molecule has 0 bridgehead atoms. The van der Waals surface area contributed by atoms with E-state index in [0.29, 0.717) is 18.1 Å². The number of hydrogen-bond donors (Lipinski definition) is 0. The zero-order valence-corrected chi connectivity index (χ0v) is 13.3. The molecule has 0 saturated carbocycles. The molecule has 110 valence electrons. The Balaban J connectivity index is 2.59. The molecule has 1 aromatic rings. The van der Waals surface area contributed by atoms with Crippen LogP contribution in [0.25, 0.3) is 0 Å². The van der Waals surface area contributed by atoms with Crippen molar-refractivity contribution in [2.45, 2.75) is 31.6 Å². The number of benzene rings is 1. The van der Waals surface area contributed by atoms with E-state index in [2.05, 4.69) is 0 Å². The van der Waals surface area contributed by atoms with E-state index in [-0.39, 0.29) is 11.5 Å². The predicted molar refractivity (Wildman–Crippen MR) is 82.2 cm³/mol. The Hall–Kier alpha value is -1.00. The number of ether oxygens (including phenoxy) is 1. The van der Waals surface area contributed by atoms with Gasteiger partial charge in [0.15, 0.2) is 5.78 Å². The Morgan fingerprint density at radius 2 is 2.10 bits per heavy atom. The first-order valence-electron chi connectivity index (χ1n) is 6.66. The van der Waals surface area contributed by atoms with Gasteiger partial charge >= 0.3 is 5.97 Å². The van der Waals surface area contributed by atoms with E-state index in [1.807, 2.05) is 19.1 Å². The first-order chi connectivity index (χ1) is 9.58. The number of Topliss-reactive ketones (excluding diaryl/α,β-unsaturated/α-hetero) is 1. The monoisotopic (exact) mass is 314 g/mol. The molecule has 0 N–H and O–H groups in total. The van der Waals surface area contributed by atoms with Crippen LogP contribution >= 0.6 is 23.4 Å². The van der Waals surface area contributed by atoms with Crippen molar-refractivity contribution in [3.05, 3.63) is 29.3 Å². The Kier molecular flexibility index (Phi) is 7.70. The fourth-order valence-corrected chi connectivity index (χ4v) is 2.90. The summed E-state index contributed by atoms with van der Waals surface area (Å²) < 4.78 is 4.96. The van der Waals surface area contributed by atoms with Gasteiger partial charge in [0.1, 0.15) is 5.92 Å². The number of carbonyl (C=O) groups excluding carboxylic acids is 2. The second-order valence-electron chi connectivity index (χ2n) is 4.31. The van der Waals surface area contributed by atoms with Crippen molar-refractivity contribution in [3.63, 3.8) is 0 Å². The lowest BCUT2D eigenvalue weighted by molar-refractivity contribution is -0.151. The van der Waals surface area contributed by atoms with Crippen LogP contribution in [0.2, 0.25) is 5.02 Å². The Morgan fingerprint density at radius 1 is 1.35 bits per heavy atom. The summed E-state index contributed by atoms with van der Waals surface area (Å²) in [5, 5.41) is 0.637. The van der Waals surface area contributed by atoms with Gasteiger partial charge in [-0.2, -0.15) is 0 Å². The predicted octanol–water partition coefficient (Wildman–Crippen LogP) is 3.98. The number of esters is 1. The molecule has 0 aliphatic heterocycles. The maximum atomic E-state index is 12.2. The van der Waals surface area contributed by atoms with Gasteiger partial charge in [-0.3, -0.25) is 9.59 Å². The lowest BCUT2D eigenvalue weighted by Gasteiger charge is -2.13. The molecule has 20 heavy (non-hydrogen) atoms. The molecule has 0 radical (unpaired) electrons. The minimum absolute atomic E-state index is 0.0877. The fraction of sp³-hybridized carbons (Fsp3) is 0.467. The minimum Gasteiger partial charge on any atom is -0.465 e. The molecule has 1 unspecified atom stereocenters. The van der Waals surface area contributed by atoms with Gasteiger partial charge in [0.2, 0.25) is 0 Å². The lowest BCUT2D eigenvalue weighted by atomic mass is 10.00. The topological polar surface area (TPSA) is 43.4 Å². The number of ketones is 1. The molecule has 1 rings (SSSR count). The molecule has 1 aromatic carbocycles. The van der Waals surface area contributed by atoms with Gasteiger partial charge in [-0.1, -0.05) is 31.0 Å². The third-order valence-electron chi connectivity index (χ3n) is 2.71. The summed E-state index contributed by atoms with van der Waals surface area (Å²) in [4.78, 5) is 24.8. The molecule has 5 heteroatoms. The van der Waals surface area contributed by atoms with Crippen LogP contribution in [-0.2, 0) is 14.3 Å². The molecular weight excluding hydrogens is 296 g/mol. The second kappa shape index (κ2) is 9.03. The van der Waals surface area contributed by atoms with Crippen molar-refractivity contribution in [3.8, 4) is 0 Å². The van der Waals surface area contributed by atoms with E-state index in [9.17, 15) is 9.59 Å². The zero-order valence-electron chi connectivity index (χ0n) is 11.7. The summed E-state index contributed by atoms with van der Waals surface area (Å²) in [5.41, 5.74) is 0. The largest absolute Gasteiger partial charge is 0.465 e. The Bertz CT molecular complexity index is 462. The summed E-state index contributed by atoms with van der Waals surface area (Å²) in [5.74, 6) is -0.892. The van der Waals surface area contributed by atoms with Gasteiger partial charge in [-0.25, -0.2) is 0 Å². The zero-order chi connectivity index (χ0) is 15.0. The molecule has 3 nitrogen and oxygen atoms in total. The van der Waals surface area contributed by atoms with Gasteiger partial charge in [-0.05, 0) is 31.5 Å². The van der Waals surface area contributed by atoms with Crippen LogP contribution in [0.4, 0.5) is 0 Å². The molecule has 0 fully saturated rings. The van der Waals surface area contributed by atoms with E-state index >= 15 is 0 Å². The number of thioether (sulfide) groups is 1. The first-order valence-corrected chi connectivity index (χ1v) is 8.02. The smallest absolute Gasteiger partial charge is 0.316 e. The highest BCUT2D eigenvalue weighted by Gasteiger charge is 2.26. The average Bonchev–Trinajstić information content (AvgIpc) is 2.42. The first kappa shape index (κ1) is 17.1. The fourth-order valence-electron chi connectivity index (χ4n) is 1.75. The van der Waals surface area contributed by atoms with Crippen LogP contribution in [0.15, 0.2) is 29.2 Å². The highest BCUT2D eigenvalue weighted by molar-refractivity contribution is 8.00. The summed E-state index contributed by atoms with van der Waals surface area (Å²) in [6.07, 6.45) is 1.31. The second-order valence-corrected chi connectivity index (χ2v) is 5.79. The third kappa shape index (κ3) is 5.55. The van der Waals surface area contributed by atoms with Crippen molar-refractivity contribution in [2.24, 2.45) is 5.92 Å². The SMILES string of the molecule is CCCC(C(=O)CSc1cccc(Cl)c1)C(=O)OCC. The van der Waals surface area contributed by atoms with Crippen molar-refractivity contribution >= 4 is 35.1 Å². The molecule has 0 amide bonds. The van der Waals surface area contributed by atoms with Gasteiger partial charge in [0.25, 0.3) is 0 Å². The lowest BCUT2D eigenvalue weighted by Crippen LogP contribution is -2.27. The minimum atomic E-state index is -0.647. The Morgan fingerprint density at radius 3 is 2.70 bits per heavy atom. The molecule has 0 saturated heterocycles. The van der Waals surface area contributed by atoms with Crippen LogP contribution < -0.4 is 0 Å². The standard InChI is InChI=1S/C15H19ClO3S/c1-3-6-13(15(18)19-4-2)14(17)10-20-12-8-5-7-11(16)9-12/h5,7-9,13H,3-4,6,10H2,1-2H3. The van der Waals surface area contributed by atoms with Gasteiger partial charge in [-0.15, -0.1) is 11.8 Å². The van der Waals surface area contributed by atoms with Crippen LogP contribution in [0.5, 0.6) is 0 Å². The summed E-state index contributed by atoms with van der Waals surface area (Å²) >= 11 is 7.28. The number of carbonyl (C=O) groups is 2. The van der Waals surface area contributed by atoms with Crippen LogP contribution in [0, 0.1) is 5.92 Å². The maximum Gasteiger partial charge on any atom is 0.316 e. The quantitative estimate of drug-likeness (QED) is 0.413. The van der Waals surface area contributed by atoms with Crippen molar-refractivity contribution < 1.29 is 14.3 Å². The third-order valence-corrected chi connectivity index (χ3v) is 3.97. The molecule has 1 atom stereocenters. The molecule has 0 aliphatic carbocycles. The van der Waals surface area contributed by atoms with Crippen LogP contribution in [0.1, 0.15) is 26.7 Å². The Labute approximate surface area is 129 Å². The molecule has 0 heterocycles. The van der Waals surface area contributed by atoms with E-state index in [1.54, 1.807) is 19.1 Å². The average molecular weight is 315 g/mol. The molecule has 0 spiro atoms. The van der Waals surface area contributed by atoms with E-state index in [0.717, 1.165) is 11.3 Å². The molecular formula is C15H19ClO3S. The number of hydrogen-bond acceptors (Lipinski definition) is 4. The van der Waals surface area contributed by atoms with Crippen molar-refractivity contribution in [1.82, 2.24) is 0 Å². The van der Waals surface area contributed by atoms with Crippen molar-refractivity contribution in [1.29, 1.82) is 0 Å². The van der Waals surface area contributed by atoms with Gasteiger partial charge < -0.3 is 4.74 Å². The van der Waals surface area contributed by atoms with Gasteiger partial charge in [0.05, 0.1) is 12.4 Å². The van der Waals surface area contributed by atoms with E-state index < -0.39 is 11.9 Å². The van der Waals surface area contributed by atoms with E-state index in [4.69, 9.17) is 16.3 Å². The normalized spacial score (nSPS) is 11.9. The summed E-state index contributed by atoms with van der Waals surface area (Å²) in [6, 6.07) is 7.32. The van der Waals surface area contributed by atoms with E-state index in [1.165, 1.54) is 11.8 Å². The number of halogens is 1. The molecule has 0 aliphatic rings. The van der Waals surface area contributed by atoms with Crippen molar-refractivity contribution in [2.75, 3.05) is 12.4 Å². The summed E-state index contributed by atoms with van der Waals surface area (Å²) in [7, 11) is 0. The highest BCUT2D eigenvalue weighted by Crippen LogP contribution is 2.23. The molecule has 0 aromatic heterocycles.